The van der Waals surface area contributed by atoms with Gasteiger partial charge in [-0.1, -0.05) is 29.8 Å². The summed E-state index contributed by atoms with van der Waals surface area (Å²) in [6.07, 6.45) is 3.37. The lowest BCUT2D eigenvalue weighted by Crippen LogP contribution is -2.32. The second-order valence-electron chi connectivity index (χ2n) is 6.99. The van der Waals surface area contributed by atoms with Crippen LogP contribution in [-0.4, -0.2) is 33.9 Å². The molecule has 0 bridgehead atoms. The van der Waals surface area contributed by atoms with Crippen LogP contribution >= 0.6 is 11.6 Å². The number of aromatic nitrogens is 3. The fourth-order valence-electron chi connectivity index (χ4n) is 3.31. The number of H-pyrrole nitrogens is 1. The molecule has 7 nitrogen and oxygen atoms in total. The summed E-state index contributed by atoms with van der Waals surface area (Å²) in [5, 5.41) is 4.40. The van der Waals surface area contributed by atoms with Crippen molar-refractivity contribution < 1.29 is 9.53 Å². The molecule has 8 heteroatoms. The maximum absolute atomic E-state index is 11.4. The topological polar surface area (TPSA) is 83.1 Å². The second-order valence-corrected chi connectivity index (χ2v) is 7.42. The molecule has 158 valence electrons. The van der Waals surface area contributed by atoms with E-state index in [1.54, 1.807) is 6.07 Å². The molecule has 2 aromatic heterocycles. The normalized spacial score (nSPS) is 10.8. The number of halogens is 1. The quantitative estimate of drug-likeness (QED) is 0.427. The molecule has 2 heterocycles. The van der Waals surface area contributed by atoms with E-state index in [9.17, 15) is 4.79 Å². The van der Waals surface area contributed by atoms with E-state index < -0.39 is 0 Å². The number of hydrogen-bond donors (Lipinski definition) is 2. The zero-order valence-corrected chi connectivity index (χ0v) is 17.8. The number of fused-ring (bicyclic) bond motifs is 1. The first kappa shape index (κ1) is 20.7. The number of rotatable bonds is 8. The van der Waals surface area contributed by atoms with Crippen LogP contribution in [0.25, 0.3) is 11.0 Å². The Bertz CT molecular complexity index is 1190. The monoisotopic (exact) mass is 435 g/mol. The number of carbonyl (C=O) groups is 1. The summed E-state index contributed by atoms with van der Waals surface area (Å²) in [4.78, 5) is 25.4. The van der Waals surface area contributed by atoms with E-state index in [1.807, 2.05) is 48.7 Å². The highest BCUT2D eigenvalue weighted by molar-refractivity contribution is 6.30. The van der Waals surface area contributed by atoms with E-state index in [-0.39, 0.29) is 5.91 Å². The van der Waals surface area contributed by atoms with E-state index in [1.165, 1.54) is 13.3 Å². The molecule has 0 unspecified atom stereocenters. The van der Waals surface area contributed by atoms with Crippen molar-refractivity contribution in [3.8, 4) is 5.75 Å². The first-order valence-electron chi connectivity index (χ1n) is 9.87. The van der Waals surface area contributed by atoms with Gasteiger partial charge in [0.05, 0.1) is 5.39 Å². The Balaban J connectivity index is 1.61. The van der Waals surface area contributed by atoms with Crippen LogP contribution in [0.3, 0.4) is 0 Å². The van der Waals surface area contributed by atoms with Crippen LogP contribution in [0.4, 0.5) is 11.5 Å². The molecule has 1 amide bonds. The summed E-state index contributed by atoms with van der Waals surface area (Å²) in [5.41, 5.74) is 2.70. The predicted octanol–water partition coefficient (Wildman–Crippen LogP) is 4.46. The lowest BCUT2D eigenvalue weighted by Gasteiger charge is -2.25. The Hall–Kier alpha value is -3.58. The number of nitrogens with one attached hydrogen (secondary N) is 2. The predicted molar refractivity (Wildman–Crippen MR) is 122 cm³/mol. The van der Waals surface area contributed by atoms with Crippen molar-refractivity contribution in [3.63, 3.8) is 0 Å². The molecule has 0 saturated heterocycles. The van der Waals surface area contributed by atoms with Crippen LogP contribution in [0.1, 0.15) is 12.5 Å². The number of benzene rings is 2. The van der Waals surface area contributed by atoms with Crippen LogP contribution in [0.15, 0.2) is 67.1 Å². The highest BCUT2D eigenvalue weighted by atomic mass is 35.5. The van der Waals surface area contributed by atoms with Crippen LogP contribution in [-0.2, 0) is 11.4 Å². The summed E-state index contributed by atoms with van der Waals surface area (Å²) >= 11 is 6.04. The third-order valence-corrected chi connectivity index (χ3v) is 4.96. The number of ether oxygens (including phenoxy) is 1. The number of amides is 1. The zero-order valence-electron chi connectivity index (χ0n) is 17.0. The molecule has 0 saturated carbocycles. The second kappa shape index (κ2) is 9.49. The zero-order chi connectivity index (χ0) is 21.6. The average molecular weight is 436 g/mol. The van der Waals surface area contributed by atoms with E-state index in [0.29, 0.717) is 30.5 Å². The van der Waals surface area contributed by atoms with Gasteiger partial charge in [0.25, 0.3) is 0 Å². The lowest BCUT2D eigenvalue weighted by molar-refractivity contribution is -0.118. The van der Waals surface area contributed by atoms with Gasteiger partial charge in [0, 0.05) is 36.9 Å². The van der Waals surface area contributed by atoms with Gasteiger partial charge in [0.2, 0.25) is 5.91 Å². The van der Waals surface area contributed by atoms with Crippen molar-refractivity contribution >= 4 is 40.0 Å². The summed E-state index contributed by atoms with van der Waals surface area (Å²) in [6.45, 7) is 2.94. The molecule has 0 atom stereocenters. The number of aromatic amines is 1. The van der Waals surface area contributed by atoms with Crippen LogP contribution in [0.5, 0.6) is 5.75 Å². The molecule has 2 aromatic carbocycles. The molecule has 0 fully saturated rings. The van der Waals surface area contributed by atoms with Gasteiger partial charge in [0.1, 0.15) is 30.1 Å². The van der Waals surface area contributed by atoms with Gasteiger partial charge in [-0.15, -0.1) is 0 Å². The third-order valence-electron chi connectivity index (χ3n) is 4.72. The Labute approximate surface area is 185 Å². The largest absolute Gasteiger partial charge is 0.489 e. The Morgan fingerprint density at radius 1 is 1.16 bits per heavy atom. The number of carbonyl (C=O) groups excluding carboxylic acids is 1. The smallest absolute Gasteiger partial charge is 0.216 e. The van der Waals surface area contributed by atoms with Crippen molar-refractivity contribution in [2.24, 2.45) is 0 Å². The van der Waals surface area contributed by atoms with Crippen molar-refractivity contribution in [2.45, 2.75) is 13.5 Å². The minimum atomic E-state index is -0.0712. The van der Waals surface area contributed by atoms with E-state index in [2.05, 4.69) is 31.2 Å². The molecule has 0 spiro atoms. The van der Waals surface area contributed by atoms with Crippen molar-refractivity contribution in [1.29, 1.82) is 0 Å². The van der Waals surface area contributed by atoms with Gasteiger partial charge < -0.3 is 19.9 Å². The molecule has 0 aliphatic carbocycles. The first-order valence-corrected chi connectivity index (χ1v) is 10.3. The van der Waals surface area contributed by atoms with E-state index in [0.717, 1.165) is 28.1 Å². The minimum absolute atomic E-state index is 0.0712. The SMILES string of the molecule is CC(=O)NCCN(c1cccc(COc2cccc(Cl)c2)c1)c1ncnc2[nH]ccc12. The van der Waals surface area contributed by atoms with Gasteiger partial charge >= 0.3 is 0 Å². The average Bonchev–Trinajstić information content (AvgIpc) is 3.25. The Morgan fingerprint density at radius 3 is 2.87 bits per heavy atom. The molecule has 4 rings (SSSR count). The van der Waals surface area contributed by atoms with Crippen molar-refractivity contribution in [2.75, 3.05) is 18.0 Å². The molecule has 0 aliphatic rings. The third kappa shape index (κ3) is 5.13. The number of hydrogen-bond acceptors (Lipinski definition) is 5. The van der Waals surface area contributed by atoms with Gasteiger partial charge in [0.15, 0.2) is 0 Å². The number of anilines is 2. The highest BCUT2D eigenvalue weighted by Gasteiger charge is 2.16. The van der Waals surface area contributed by atoms with Gasteiger partial charge in [-0.3, -0.25) is 4.79 Å². The molecule has 31 heavy (non-hydrogen) atoms. The fraction of sp³-hybridized carbons (Fsp3) is 0.174. The summed E-state index contributed by atoms with van der Waals surface area (Å²) in [6, 6.07) is 17.3. The summed E-state index contributed by atoms with van der Waals surface area (Å²) in [5.74, 6) is 1.41. The lowest BCUT2D eigenvalue weighted by atomic mass is 10.2. The van der Waals surface area contributed by atoms with Gasteiger partial charge in [-0.2, -0.15) is 0 Å². The van der Waals surface area contributed by atoms with Gasteiger partial charge in [-0.25, -0.2) is 9.97 Å². The molecule has 0 radical (unpaired) electrons. The first-order chi connectivity index (χ1) is 15.1. The molecular weight excluding hydrogens is 414 g/mol. The molecule has 2 N–H and O–H groups in total. The number of nitrogens with zero attached hydrogens (tertiary/aromatic N) is 3. The van der Waals surface area contributed by atoms with E-state index >= 15 is 0 Å². The molecule has 4 aromatic rings. The summed E-state index contributed by atoms with van der Waals surface area (Å²) < 4.78 is 5.89. The highest BCUT2D eigenvalue weighted by Crippen LogP contribution is 2.29. The van der Waals surface area contributed by atoms with Crippen LogP contribution in [0.2, 0.25) is 5.02 Å². The van der Waals surface area contributed by atoms with Crippen LogP contribution < -0.4 is 15.0 Å². The fourth-order valence-corrected chi connectivity index (χ4v) is 3.49. The Morgan fingerprint density at radius 2 is 2.03 bits per heavy atom. The maximum Gasteiger partial charge on any atom is 0.216 e. The molecular formula is C23H22ClN5O2. The van der Waals surface area contributed by atoms with Gasteiger partial charge in [-0.05, 0) is 42.0 Å². The van der Waals surface area contributed by atoms with Crippen molar-refractivity contribution in [3.05, 3.63) is 77.7 Å². The van der Waals surface area contributed by atoms with E-state index in [4.69, 9.17) is 16.3 Å². The van der Waals surface area contributed by atoms with Crippen molar-refractivity contribution in [1.82, 2.24) is 20.3 Å². The Kier molecular flexibility index (Phi) is 6.33. The van der Waals surface area contributed by atoms with Crippen LogP contribution in [0, 0.1) is 0 Å². The minimum Gasteiger partial charge on any atom is -0.489 e. The standard InChI is InChI=1S/C23H22ClN5O2/c1-16(30)25-10-11-29(23-21-8-9-26-22(21)27-15-28-23)19-6-2-4-17(12-19)14-31-20-7-3-5-18(24)13-20/h2-9,12-13,15H,10-11,14H2,1H3,(H,25,30)(H,26,27,28). The summed E-state index contributed by atoms with van der Waals surface area (Å²) in [7, 11) is 0. The molecule has 0 aliphatic heterocycles. The maximum atomic E-state index is 11.4.